The summed E-state index contributed by atoms with van der Waals surface area (Å²) in [4.78, 5) is 14.7. The van der Waals surface area contributed by atoms with Gasteiger partial charge < -0.3 is 10.2 Å². The molecule has 0 bridgehead atoms. The summed E-state index contributed by atoms with van der Waals surface area (Å²) in [7, 11) is 0. The molecule has 0 aliphatic carbocycles. The lowest BCUT2D eigenvalue weighted by molar-refractivity contribution is 0.0656. The number of aryl methyl sites for hydroxylation is 1. The van der Waals surface area contributed by atoms with E-state index < -0.39 is 0 Å². The molecule has 1 aliphatic heterocycles. The van der Waals surface area contributed by atoms with Gasteiger partial charge in [-0.25, -0.2) is 0 Å². The summed E-state index contributed by atoms with van der Waals surface area (Å²) in [6.07, 6.45) is 0. The van der Waals surface area contributed by atoms with Crippen LogP contribution in [0.4, 0.5) is 0 Å². The molecule has 5 nitrogen and oxygen atoms in total. The van der Waals surface area contributed by atoms with Crippen molar-refractivity contribution in [2.24, 2.45) is 0 Å². The number of nitrogens with one attached hydrogen (secondary N) is 1. The second-order valence-electron chi connectivity index (χ2n) is 4.72. The Morgan fingerprint density at radius 3 is 2.88 bits per heavy atom. The first-order chi connectivity index (χ1) is 7.49. The van der Waals surface area contributed by atoms with E-state index in [4.69, 9.17) is 0 Å². The van der Waals surface area contributed by atoms with E-state index in [0.29, 0.717) is 4.88 Å². The molecule has 1 amide bonds. The minimum absolute atomic E-state index is 0.0140. The lowest BCUT2D eigenvalue weighted by Crippen LogP contribution is -2.58. The molecule has 0 atom stereocenters. The van der Waals surface area contributed by atoms with Crippen LogP contribution in [-0.4, -0.2) is 45.6 Å². The van der Waals surface area contributed by atoms with Crippen LogP contribution in [0.3, 0.4) is 0 Å². The van der Waals surface area contributed by atoms with E-state index in [1.807, 2.05) is 11.8 Å². The van der Waals surface area contributed by atoms with Gasteiger partial charge in [0.05, 0.1) is 5.69 Å². The van der Waals surface area contributed by atoms with Gasteiger partial charge in [-0.15, -0.1) is 5.10 Å². The maximum Gasteiger partial charge on any atom is 0.267 e. The molecule has 1 saturated heterocycles. The van der Waals surface area contributed by atoms with Crippen LogP contribution in [-0.2, 0) is 0 Å². The van der Waals surface area contributed by atoms with Crippen LogP contribution in [0.25, 0.3) is 0 Å². The lowest BCUT2D eigenvalue weighted by atomic mass is 10.0. The Morgan fingerprint density at radius 2 is 2.31 bits per heavy atom. The Hall–Kier alpha value is -1.01. The molecule has 0 spiro atoms. The number of rotatable bonds is 1. The van der Waals surface area contributed by atoms with Crippen LogP contribution < -0.4 is 5.32 Å². The van der Waals surface area contributed by atoms with Gasteiger partial charge in [-0.2, -0.15) is 0 Å². The summed E-state index contributed by atoms with van der Waals surface area (Å²) in [6.45, 7) is 8.34. The van der Waals surface area contributed by atoms with Crippen LogP contribution in [0.5, 0.6) is 0 Å². The molecule has 1 N–H and O–H groups in total. The largest absolute Gasteiger partial charge is 0.335 e. The maximum atomic E-state index is 12.2. The normalized spacial score (nSPS) is 19.8. The van der Waals surface area contributed by atoms with Crippen LogP contribution in [0.1, 0.15) is 29.2 Å². The quantitative estimate of drug-likeness (QED) is 0.784. The van der Waals surface area contributed by atoms with E-state index in [9.17, 15) is 4.79 Å². The summed E-state index contributed by atoms with van der Waals surface area (Å²) >= 11 is 1.18. The molecule has 16 heavy (non-hydrogen) atoms. The molecule has 1 aromatic rings. The Morgan fingerprint density at radius 1 is 1.56 bits per heavy atom. The standard InChI is InChI=1S/C10H16N4OS/c1-7-8(16-13-12-7)9(15)14-5-4-11-10(2,3)6-14/h11H,4-6H2,1-3H3. The fourth-order valence-electron chi connectivity index (χ4n) is 1.89. The smallest absolute Gasteiger partial charge is 0.267 e. The van der Waals surface area contributed by atoms with Crippen molar-refractivity contribution in [2.45, 2.75) is 26.3 Å². The minimum atomic E-state index is -0.0140. The number of aromatic nitrogens is 2. The molecule has 0 radical (unpaired) electrons. The third-order valence-electron chi connectivity index (χ3n) is 2.70. The van der Waals surface area contributed by atoms with Crippen molar-refractivity contribution >= 4 is 17.4 Å². The predicted octanol–water partition coefficient (Wildman–Crippen LogP) is 0.671. The third-order valence-corrected chi connectivity index (χ3v) is 3.52. The first kappa shape index (κ1) is 11.5. The van der Waals surface area contributed by atoms with E-state index in [1.165, 1.54) is 11.5 Å². The van der Waals surface area contributed by atoms with Crippen molar-refractivity contribution in [3.05, 3.63) is 10.6 Å². The van der Waals surface area contributed by atoms with Gasteiger partial charge in [0.25, 0.3) is 5.91 Å². The monoisotopic (exact) mass is 240 g/mol. The summed E-state index contributed by atoms with van der Waals surface area (Å²) in [5.74, 6) is 0.0575. The van der Waals surface area contributed by atoms with Crippen molar-refractivity contribution in [3.63, 3.8) is 0 Å². The van der Waals surface area contributed by atoms with Gasteiger partial charge in [0, 0.05) is 25.2 Å². The number of carbonyl (C=O) groups is 1. The number of carbonyl (C=O) groups excluding carboxylic acids is 1. The summed E-state index contributed by atoms with van der Waals surface area (Å²) in [6, 6.07) is 0. The first-order valence-electron chi connectivity index (χ1n) is 5.33. The molecule has 1 aromatic heterocycles. The predicted molar refractivity (Wildman–Crippen MR) is 62.6 cm³/mol. The summed E-state index contributed by atoms with van der Waals surface area (Å²) in [5, 5.41) is 7.26. The van der Waals surface area contributed by atoms with Crippen molar-refractivity contribution < 1.29 is 4.79 Å². The molecule has 88 valence electrons. The highest BCUT2D eigenvalue weighted by Crippen LogP contribution is 2.17. The van der Waals surface area contributed by atoms with Crippen LogP contribution >= 0.6 is 11.5 Å². The molecule has 0 saturated carbocycles. The fourth-order valence-corrected chi connectivity index (χ4v) is 2.51. The van der Waals surface area contributed by atoms with Gasteiger partial charge in [-0.05, 0) is 32.3 Å². The fraction of sp³-hybridized carbons (Fsp3) is 0.700. The van der Waals surface area contributed by atoms with Crippen molar-refractivity contribution in [2.75, 3.05) is 19.6 Å². The highest BCUT2D eigenvalue weighted by atomic mass is 32.1. The average molecular weight is 240 g/mol. The molecular weight excluding hydrogens is 224 g/mol. The zero-order chi connectivity index (χ0) is 11.8. The summed E-state index contributed by atoms with van der Waals surface area (Å²) < 4.78 is 3.80. The Bertz CT molecular complexity index is 401. The number of hydrogen-bond acceptors (Lipinski definition) is 5. The maximum absolute atomic E-state index is 12.2. The second kappa shape index (κ2) is 4.10. The van der Waals surface area contributed by atoms with Crippen molar-refractivity contribution in [1.82, 2.24) is 19.8 Å². The van der Waals surface area contributed by atoms with E-state index in [2.05, 4.69) is 28.8 Å². The molecule has 0 unspecified atom stereocenters. The Kier molecular flexibility index (Phi) is 2.94. The van der Waals surface area contributed by atoms with Gasteiger partial charge in [-0.3, -0.25) is 4.79 Å². The Labute approximate surface area is 99.0 Å². The molecular formula is C10H16N4OS. The van der Waals surface area contributed by atoms with Gasteiger partial charge >= 0.3 is 0 Å². The van der Waals surface area contributed by atoms with E-state index in [0.717, 1.165) is 25.3 Å². The molecule has 2 heterocycles. The van der Waals surface area contributed by atoms with E-state index in [-0.39, 0.29) is 11.4 Å². The zero-order valence-corrected chi connectivity index (χ0v) is 10.6. The van der Waals surface area contributed by atoms with E-state index in [1.54, 1.807) is 0 Å². The molecule has 0 aromatic carbocycles. The SMILES string of the molecule is Cc1nnsc1C(=O)N1CCNC(C)(C)C1. The molecule has 1 fully saturated rings. The van der Waals surface area contributed by atoms with Gasteiger partial charge in [0.2, 0.25) is 0 Å². The molecule has 2 rings (SSSR count). The minimum Gasteiger partial charge on any atom is -0.335 e. The highest BCUT2D eigenvalue weighted by Gasteiger charge is 2.30. The van der Waals surface area contributed by atoms with Crippen molar-refractivity contribution in [1.29, 1.82) is 0 Å². The second-order valence-corrected chi connectivity index (χ2v) is 5.48. The summed E-state index contributed by atoms with van der Waals surface area (Å²) in [5.41, 5.74) is 0.714. The van der Waals surface area contributed by atoms with Crippen molar-refractivity contribution in [3.8, 4) is 0 Å². The number of nitrogens with zero attached hydrogens (tertiary/aromatic N) is 3. The molecule has 6 heteroatoms. The Balaban J connectivity index is 2.14. The van der Waals surface area contributed by atoms with Gasteiger partial charge in [0.1, 0.15) is 4.88 Å². The zero-order valence-electron chi connectivity index (χ0n) is 9.78. The topological polar surface area (TPSA) is 58.1 Å². The van der Waals surface area contributed by atoms with Crippen LogP contribution in [0.2, 0.25) is 0 Å². The number of amides is 1. The van der Waals surface area contributed by atoms with Crippen LogP contribution in [0, 0.1) is 6.92 Å². The van der Waals surface area contributed by atoms with Gasteiger partial charge in [0.15, 0.2) is 0 Å². The van der Waals surface area contributed by atoms with Gasteiger partial charge in [-0.1, -0.05) is 4.49 Å². The van der Waals surface area contributed by atoms with Crippen LogP contribution in [0.15, 0.2) is 0 Å². The first-order valence-corrected chi connectivity index (χ1v) is 6.10. The average Bonchev–Trinajstić information content (AvgIpc) is 2.62. The molecule has 1 aliphatic rings. The highest BCUT2D eigenvalue weighted by molar-refractivity contribution is 7.07. The number of piperazine rings is 1. The third kappa shape index (κ3) is 2.22. The number of hydrogen-bond donors (Lipinski definition) is 1. The van der Waals surface area contributed by atoms with E-state index >= 15 is 0 Å². The lowest BCUT2D eigenvalue weighted by Gasteiger charge is -2.38.